The molecule has 0 radical (unpaired) electrons. The van der Waals surface area contributed by atoms with Gasteiger partial charge in [0.1, 0.15) is 0 Å². The normalized spacial score (nSPS) is 15.5. The molecule has 0 atom stereocenters. The maximum atomic E-state index is 4.53. The summed E-state index contributed by atoms with van der Waals surface area (Å²) in [5, 5.41) is 0. The van der Waals surface area contributed by atoms with Crippen molar-refractivity contribution in [2.24, 2.45) is 4.99 Å². The molecule has 0 saturated heterocycles. The summed E-state index contributed by atoms with van der Waals surface area (Å²) in [5.41, 5.74) is 4.33. The summed E-state index contributed by atoms with van der Waals surface area (Å²) < 4.78 is 0.925. The van der Waals surface area contributed by atoms with Gasteiger partial charge in [0.25, 0.3) is 0 Å². The van der Waals surface area contributed by atoms with Gasteiger partial charge >= 0.3 is 0 Å². The van der Waals surface area contributed by atoms with Crippen LogP contribution in [0.15, 0.2) is 89.1 Å². The molecule has 0 heterocycles. The third kappa shape index (κ3) is 7.03. The molecule has 0 saturated carbocycles. The van der Waals surface area contributed by atoms with Gasteiger partial charge < -0.3 is 0 Å². The second-order valence-corrected chi connectivity index (χ2v) is 5.23. The van der Waals surface area contributed by atoms with Gasteiger partial charge in [-0.3, -0.25) is 4.99 Å². The van der Waals surface area contributed by atoms with E-state index in [0.29, 0.717) is 0 Å². The van der Waals surface area contributed by atoms with E-state index in [9.17, 15) is 0 Å². The number of hydrogen-bond donors (Lipinski definition) is 0. The first-order valence-corrected chi connectivity index (χ1v) is 8.87. The molecule has 0 aliphatic rings. The highest BCUT2D eigenvalue weighted by Crippen LogP contribution is 2.21. The van der Waals surface area contributed by atoms with E-state index in [0.717, 1.165) is 26.9 Å². The second kappa shape index (κ2) is 13.3. The van der Waals surface area contributed by atoms with Crippen LogP contribution >= 0.6 is 22.6 Å². The number of aliphatic imine (C=N–C) groups is 1. The Morgan fingerprint density at radius 2 is 1.64 bits per heavy atom. The van der Waals surface area contributed by atoms with Crippen molar-refractivity contribution in [3.05, 3.63) is 84.1 Å². The molecule has 0 aromatic carbocycles. The molecular formula is C20H26IN. The first kappa shape index (κ1) is 20.6. The molecule has 0 amide bonds. The van der Waals surface area contributed by atoms with Crippen LogP contribution in [0, 0.1) is 0 Å². The van der Waals surface area contributed by atoms with Crippen molar-refractivity contribution in [2.75, 3.05) is 11.5 Å². The third-order valence-electron chi connectivity index (χ3n) is 2.80. The Hall–Kier alpha value is -1.42. The fraction of sp³-hybridized carbons (Fsp3) is 0.250. The van der Waals surface area contributed by atoms with E-state index in [1.807, 2.05) is 46.0 Å². The van der Waals surface area contributed by atoms with Gasteiger partial charge in [0.05, 0.1) is 5.71 Å². The highest BCUT2D eigenvalue weighted by atomic mass is 127. The average molecular weight is 407 g/mol. The largest absolute Gasteiger partial charge is 0.287 e. The lowest BCUT2D eigenvalue weighted by atomic mass is 9.94. The van der Waals surface area contributed by atoms with Crippen LogP contribution in [0.5, 0.6) is 0 Å². The fourth-order valence-electron chi connectivity index (χ4n) is 1.97. The van der Waals surface area contributed by atoms with E-state index < -0.39 is 0 Å². The highest BCUT2D eigenvalue weighted by molar-refractivity contribution is 14.1. The van der Waals surface area contributed by atoms with Gasteiger partial charge in [-0.1, -0.05) is 89.9 Å². The quantitative estimate of drug-likeness (QED) is 0.197. The van der Waals surface area contributed by atoms with E-state index in [2.05, 4.69) is 70.6 Å². The minimum Gasteiger partial charge on any atom is -0.287 e. The standard InChI is InChI=1S/C20H26IN/c1-6-10-14-17(11-7-2)19(15-16-21)20(22-5)18(12-8-3)13-9-4/h6-15H,3,16H2,1-2,4-5H3/b10-6-,11-7-,13-9-,17-14+,18-12+,19-15+,22-20?. The lowest BCUT2D eigenvalue weighted by Crippen LogP contribution is -2.08. The third-order valence-corrected chi connectivity index (χ3v) is 3.24. The van der Waals surface area contributed by atoms with Crippen molar-refractivity contribution in [1.29, 1.82) is 0 Å². The smallest absolute Gasteiger partial charge is 0.0718 e. The number of halogens is 1. The van der Waals surface area contributed by atoms with Crippen LogP contribution in [0.25, 0.3) is 0 Å². The van der Waals surface area contributed by atoms with Gasteiger partial charge in [-0.25, -0.2) is 0 Å². The van der Waals surface area contributed by atoms with Gasteiger partial charge in [0.2, 0.25) is 0 Å². The fourth-order valence-corrected chi connectivity index (χ4v) is 2.41. The zero-order valence-corrected chi connectivity index (χ0v) is 16.2. The van der Waals surface area contributed by atoms with Gasteiger partial charge in [0, 0.05) is 17.0 Å². The molecule has 0 aromatic heterocycles. The Labute approximate surface area is 149 Å². The molecule has 0 aliphatic carbocycles. The number of allylic oxidation sites excluding steroid dienone is 13. The highest BCUT2D eigenvalue weighted by Gasteiger charge is 2.12. The van der Waals surface area contributed by atoms with Gasteiger partial charge in [0.15, 0.2) is 0 Å². The predicted octanol–water partition coefficient (Wildman–Crippen LogP) is 6.19. The summed E-state index contributed by atoms with van der Waals surface area (Å²) in [6.45, 7) is 9.86. The molecule has 118 valence electrons. The molecule has 0 N–H and O–H groups in total. The Morgan fingerprint density at radius 1 is 1.00 bits per heavy atom. The minimum absolute atomic E-state index is 0.925. The van der Waals surface area contributed by atoms with Crippen LogP contribution in [-0.4, -0.2) is 17.2 Å². The number of rotatable bonds is 8. The molecule has 0 aliphatic heterocycles. The summed E-state index contributed by atoms with van der Waals surface area (Å²) in [5.74, 6) is 0. The van der Waals surface area contributed by atoms with E-state index in [1.165, 1.54) is 0 Å². The average Bonchev–Trinajstić information content (AvgIpc) is 2.52. The summed E-state index contributed by atoms with van der Waals surface area (Å²) in [6, 6.07) is 0. The molecule has 1 nitrogen and oxygen atoms in total. The van der Waals surface area contributed by atoms with Crippen LogP contribution < -0.4 is 0 Å². The Morgan fingerprint density at radius 3 is 2.09 bits per heavy atom. The van der Waals surface area contributed by atoms with Crippen molar-refractivity contribution >= 4 is 28.3 Å². The van der Waals surface area contributed by atoms with E-state index >= 15 is 0 Å². The molecule has 2 heteroatoms. The molecule has 0 aromatic rings. The van der Waals surface area contributed by atoms with Gasteiger partial charge in [-0.05, 0) is 31.9 Å². The van der Waals surface area contributed by atoms with E-state index in [4.69, 9.17) is 0 Å². The Kier molecular flexibility index (Phi) is 12.4. The molecule has 0 fully saturated rings. The zero-order valence-electron chi connectivity index (χ0n) is 14.0. The van der Waals surface area contributed by atoms with Gasteiger partial charge in [-0.2, -0.15) is 0 Å². The van der Waals surface area contributed by atoms with Crippen LogP contribution in [0.2, 0.25) is 0 Å². The van der Waals surface area contributed by atoms with Crippen molar-refractivity contribution < 1.29 is 0 Å². The zero-order chi connectivity index (χ0) is 16.8. The molecule has 0 spiro atoms. The SMILES string of the molecule is C=C/C=C(\C=C/C)C(=NC)C(=C/CI)/C(/C=C\C)=C/C=C\C. The van der Waals surface area contributed by atoms with Crippen molar-refractivity contribution in [3.63, 3.8) is 0 Å². The monoisotopic (exact) mass is 407 g/mol. The first-order chi connectivity index (χ1) is 10.7. The number of hydrogen-bond acceptors (Lipinski definition) is 1. The molecule has 0 bridgehead atoms. The lowest BCUT2D eigenvalue weighted by Gasteiger charge is -2.13. The second-order valence-electron chi connectivity index (χ2n) is 4.35. The van der Waals surface area contributed by atoms with Crippen LogP contribution in [0.1, 0.15) is 20.8 Å². The summed E-state index contributed by atoms with van der Waals surface area (Å²) in [7, 11) is 1.83. The molecule has 22 heavy (non-hydrogen) atoms. The first-order valence-electron chi connectivity index (χ1n) is 7.35. The van der Waals surface area contributed by atoms with E-state index in [-0.39, 0.29) is 0 Å². The number of alkyl halides is 1. The molecular weight excluding hydrogens is 381 g/mol. The summed E-state index contributed by atoms with van der Waals surface area (Å²) >= 11 is 2.36. The molecule has 0 rings (SSSR count). The van der Waals surface area contributed by atoms with Crippen molar-refractivity contribution in [1.82, 2.24) is 0 Å². The molecule has 0 unspecified atom stereocenters. The Balaban J connectivity index is 6.16. The van der Waals surface area contributed by atoms with Crippen molar-refractivity contribution in [2.45, 2.75) is 20.8 Å². The van der Waals surface area contributed by atoms with Crippen LogP contribution in [-0.2, 0) is 0 Å². The maximum absolute atomic E-state index is 4.53. The number of nitrogens with zero attached hydrogens (tertiary/aromatic N) is 1. The van der Waals surface area contributed by atoms with Crippen molar-refractivity contribution in [3.8, 4) is 0 Å². The van der Waals surface area contributed by atoms with Crippen LogP contribution in [0.3, 0.4) is 0 Å². The Bertz CT molecular complexity index is 552. The van der Waals surface area contributed by atoms with Crippen LogP contribution in [0.4, 0.5) is 0 Å². The predicted molar refractivity (Wildman–Crippen MR) is 111 cm³/mol. The van der Waals surface area contributed by atoms with Gasteiger partial charge in [-0.15, -0.1) is 0 Å². The minimum atomic E-state index is 0.925. The lowest BCUT2D eigenvalue weighted by molar-refractivity contribution is 1.40. The van der Waals surface area contributed by atoms with E-state index in [1.54, 1.807) is 6.08 Å². The summed E-state index contributed by atoms with van der Waals surface area (Å²) in [6.07, 6.45) is 20.4. The summed E-state index contributed by atoms with van der Waals surface area (Å²) in [4.78, 5) is 4.53. The maximum Gasteiger partial charge on any atom is 0.0718 e. The topological polar surface area (TPSA) is 12.4 Å².